The van der Waals surface area contributed by atoms with E-state index >= 15 is 0 Å². The standard InChI is InChI=1S/C22H27N3OS/c1-4-12-25-21-11-10-18(26-3)14-19(21)20(15-23)22(25)16-6-8-17(9-7-16)24-27-13-5-2/h6-11,14-15,23-24H,4-5,12-13H2,1-3H3. The third kappa shape index (κ3) is 3.98. The lowest BCUT2D eigenvalue weighted by Crippen LogP contribution is -2.00. The van der Waals surface area contributed by atoms with Gasteiger partial charge in [-0.15, -0.1) is 0 Å². The number of benzene rings is 2. The van der Waals surface area contributed by atoms with Crippen LogP contribution in [0.1, 0.15) is 32.3 Å². The number of methoxy groups -OCH3 is 1. The lowest BCUT2D eigenvalue weighted by molar-refractivity contribution is 0.415. The molecule has 0 saturated heterocycles. The highest BCUT2D eigenvalue weighted by atomic mass is 32.2. The van der Waals surface area contributed by atoms with Crippen LogP contribution in [0.3, 0.4) is 0 Å². The third-order valence-corrected chi connectivity index (χ3v) is 5.55. The van der Waals surface area contributed by atoms with Gasteiger partial charge in [-0.1, -0.05) is 37.9 Å². The smallest absolute Gasteiger partial charge is 0.119 e. The summed E-state index contributed by atoms with van der Waals surface area (Å²) in [4.78, 5) is 0. The van der Waals surface area contributed by atoms with Gasteiger partial charge in [0, 0.05) is 40.7 Å². The van der Waals surface area contributed by atoms with E-state index in [9.17, 15) is 0 Å². The van der Waals surface area contributed by atoms with Gasteiger partial charge in [-0.25, -0.2) is 0 Å². The van der Waals surface area contributed by atoms with Crippen LogP contribution >= 0.6 is 11.9 Å². The highest BCUT2D eigenvalue weighted by Gasteiger charge is 2.17. The second-order valence-electron chi connectivity index (χ2n) is 6.47. The van der Waals surface area contributed by atoms with Crippen molar-refractivity contribution in [1.82, 2.24) is 4.57 Å². The molecule has 0 aliphatic heterocycles. The fourth-order valence-electron chi connectivity index (χ4n) is 3.33. The summed E-state index contributed by atoms with van der Waals surface area (Å²) in [5, 5.41) is 9.11. The van der Waals surface area contributed by atoms with Crippen molar-refractivity contribution in [2.75, 3.05) is 17.6 Å². The molecular weight excluding hydrogens is 354 g/mol. The number of anilines is 1. The maximum atomic E-state index is 8.05. The number of aryl methyl sites for hydroxylation is 1. The van der Waals surface area contributed by atoms with Crippen molar-refractivity contribution in [3.8, 4) is 17.0 Å². The molecule has 2 N–H and O–H groups in total. The number of aromatic nitrogens is 1. The lowest BCUT2D eigenvalue weighted by Gasteiger charge is -2.12. The van der Waals surface area contributed by atoms with E-state index in [1.54, 1.807) is 19.1 Å². The number of rotatable bonds is 9. The number of ether oxygens (including phenoxy) is 1. The van der Waals surface area contributed by atoms with Gasteiger partial charge in [0.25, 0.3) is 0 Å². The Morgan fingerprint density at radius 2 is 1.89 bits per heavy atom. The van der Waals surface area contributed by atoms with E-state index in [0.29, 0.717) is 0 Å². The molecule has 0 bridgehead atoms. The summed E-state index contributed by atoms with van der Waals surface area (Å²) in [7, 11) is 1.68. The molecule has 3 aromatic rings. The first-order chi connectivity index (χ1) is 13.2. The van der Waals surface area contributed by atoms with Gasteiger partial charge < -0.3 is 19.4 Å². The van der Waals surface area contributed by atoms with Gasteiger partial charge in [-0.05, 0) is 48.7 Å². The second-order valence-corrected chi connectivity index (χ2v) is 7.37. The van der Waals surface area contributed by atoms with E-state index in [-0.39, 0.29) is 0 Å². The zero-order valence-electron chi connectivity index (χ0n) is 16.2. The van der Waals surface area contributed by atoms with Crippen molar-refractivity contribution >= 4 is 34.8 Å². The van der Waals surface area contributed by atoms with Crippen molar-refractivity contribution in [2.45, 2.75) is 33.2 Å². The van der Waals surface area contributed by atoms with E-state index in [0.717, 1.165) is 64.3 Å². The normalized spacial score (nSPS) is 10.9. The van der Waals surface area contributed by atoms with Crippen molar-refractivity contribution in [2.24, 2.45) is 0 Å². The molecule has 0 amide bonds. The summed E-state index contributed by atoms with van der Waals surface area (Å²) >= 11 is 1.73. The van der Waals surface area contributed by atoms with Crippen molar-refractivity contribution < 1.29 is 4.74 Å². The quantitative estimate of drug-likeness (QED) is 0.264. The summed E-state index contributed by atoms with van der Waals surface area (Å²) in [5.74, 6) is 1.91. The zero-order valence-corrected chi connectivity index (χ0v) is 17.0. The first-order valence-corrected chi connectivity index (χ1v) is 10.4. The SMILES string of the molecule is CCCSNc1ccc(-c2c(C=N)c3cc(OC)ccc3n2CCC)cc1. The molecule has 0 radical (unpaired) electrons. The van der Waals surface area contributed by atoms with Crippen LogP contribution < -0.4 is 9.46 Å². The largest absolute Gasteiger partial charge is 0.497 e. The zero-order chi connectivity index (χ0) is 19.2. The molecule has 0 unspecified atom stereocenters. The molecular formula is C22H27N3OS. The first kappa shape index (κ1) is 19.4. The number of fused-ring (bicyclic) bond motifs is 1. The van der Waals surface area contributed by atoms with Crippen LogP contribution in [-0.4, -0.2) is 23.6 Å². The molecule has 2 aromatic carbocycles. The van der Waals surface area contributed by atoms with E-state index in [1.807, 2.05) is 12.1 Å². The van der Waals surface area contributed by atoms with Gasteiger partial charge in [-0.2, -0.15) is 0 Å². The Labute approximate surface area is 165 Å². The summed E-state index contributed by atoms with van der Waals surface area (Å²) in [6.07, 6.45) is 3.65. The molecule has 5 heteroatoms. The van der Waals surface area contributed by atoms with Gasteiger partial charge in [0.1, 0.15) is 5.75 Å². The van der Waals surface area contributed by atoms with Crippen LogP contribution in [0.4, 0.5) is 5.69 Å². The highest BCUT2D eigenvalue weighted by molar-refractivity contribution is 8.00. The van der Waals surface area contributed by atoms with Crippen LogP contribution in [0, 0.1) is 5.41 Å². The van der Waals surface area contributed by atoms with E-state index in [2.05, 4.69) is 53.5 Å². The first-order valence-electron chi connectivity index (χ1n) is 9.42. The van der Waals surface area contributed by atoms with Gasteiger partial charge >= 0.3 is 0 Å². The summed E-state index contributed by atoms with van der Waals surface area (Å²) in [6, 6.07) is 14.6. The Bertz CT molecular complexity index is 915. The molecule has 0 fully saturated rings. The molecule has 0 aliphatic carbocycles. The van der Waals surface area contributed by atoms with Gasteiger partial charge in [0.15, 0.2) is 0 Å². The Morgan fingerprint density at radius 3 is 2.52 bits per heavy atom. The predicted molar refractivity (Wildman–Crippen MR) is 118 cm³/mol. The average Bonchev–Trinajstić information content (AvgIpc) is 3.01. The van der Waals surface area contributed by atoms with Gasteiger partial charge in [-0.3, -0.25) is 0 Å². The molecule has 0 spiro atoms. The van der Waals surface area contributed by atoms with Crippen molar-refractivity contribution in [3.63, 3.8) is 0 Å². The number of hydrogen-bond acceptors (Lipinski definition) is 4. The highest BCUT2D eigenvalue weighted by Crippen LogP contribution is 2.35. The van der Waals surface area contributed by atoms with Crippen LogP contribution in [0.5, 0.6) is 5.75 Å². The molecule has 27 heavy (non-hydrogen) atoms. The molecule has 142 valence electrons. The average molecular weight is 382 g/mol. The molecule has 0 aliphatic rings. The van der Waals surface area contributed by atoms with E-state index < -0.39 is 0 Å². The Hall–Kier alpha value is -2.40. The fraction of sp³-hybridized carbons (Fsp3) is 0.318. The molecule has 0 saturated carbocycles. The van der Waals surface area contributed by atoms with Crippen LogP contribution in [0.25, 0.3) is 22.2 Å². The Balaban J connectivity index is 2.09. The van der Waals surface area contributed by atoms with E-state index in [1.165, 1.54) is 6.21 Å². The predicted octanol–water partition coefficient (Wildman–Crippen LogP) is 6.19. The third-order valence-electron chi connectivity index (χ3n) is 4.56. The lowest BCUT2D eigenvalue weighted by atomic mass is 10.1. The number of hydrogen-bond donors (Lipinski definition) is 2. The summed E-state index contributed by atoms with van der Waals surface area (Å²) in [5.41, 5.74) is 5.42. The van der Waals surface area contributed by atoms with Crippen molar-refractivity contribution in [3.05, 3.63) is 48.0 Å². The van der Waals surface area contributed by atoms with Crippen LogP contribution in [-0.2, 0) is 6.54 Å². The minimum atomic E-state index is 0.818. The van der Waals surface area contributed by atoms with Gasteiger partial charge in [0.05, 0.1) is 12.8 Å². The maximum Gasteiger partial charge on any atom is 0.119 e. The van der Waals surface area contributed by atoms with Gasteiger partial charge in [0.2, 0.25) is 0 Å². The van der Waals surface area contributed by atoms with E-state index in [4.69, 9.17) is 10.1 Å². The van der Waals surface area contributed by atoms with Crippen LogP contribution in [0.2, 0.25) is 0 Å². The van der Waals surface area contributed by atoms with Crippen molar-refractivity contribution in [1.29, 1.82) is 5.41 Å². The molecule has 1 heterocycles. The molecule has 1 aromatic heterocycles. The topological polar surface area (TPSA) is 50.0 Å². The Morgan fingerprint density at radius 1 is 1.11 bits per heavy atom. The second kappa shape index (κ2) is 9.00. The number of nitrogens with zero attached hydrogens (tertiary/aromatic N) is 1. The number of nitrogens with one attached hydrogen (secondary N) is 2. The molecule has 3 rings (SSSR count). The fourth-order valence-corrected chi connectivity index (χ4v) is 3.94. The Kier molecular flexibility index (Phi) is 6.45. The summed E-state index contributed by atoms with van der Waals surface area (Å²) < 4.78 is 11.1. The molecule has 4 nitrogen and oxygen atoms in total. The summed E-state index contributed by atoms with van der Waals surface area (Å²) in [6.45, 7) is 5.28. The maximum absolute atomic E-state index is 8.05. The molecule has 0 atom stereocenters. The minimum absolute atomic E-state index is 0.818. The monoisotopic (exact) mass is 381 g/mol. The van der Waals surface area contributed by atoms with Crippen LogP contribution in [0.15, 0.2) is 42.5 Å². The minimum Gasteiger partial charge on any atom is -0.497 e.